The number of hydrogen-bond donors (Lipinski definition) is 1. The molecule has 6 heteroatoms. The Morgan fingerprint density at radius 3 is 2.32 bits per heavy atom. The zero-order chi connectivity index (χ0) is 13.2. The van der Waals surface area contributed by atoms with Crippen LogP contribution in [0.1, 0.15) is 0 Å². The Morgan fingerprint density at radius 2 is 1.74 bits per heavy atom. The maximum absolute atomic E-state index is 12.0. The van der Waals surface area contributed by atoms with Gasteiger partial charge in [0.2, 0.25) is 0 Å². The van der Waals surface area contributed by atoms with Gasteiger partial charge in [-0.1, -0.05) is 0 Å². The third-order valence-electron chi connectivity index (χ3n) is 3.19. The number of alkyl halides is 2. The van der Waals surface area contributed by atoms with Crippen LogP contribution in [-0.2, 0) is 0 Å². The van der Waals surface area contributed by atoms with Crippen LogP contribution in [0, 0.1) is 0 Å². The van der Waals surface area contributed by atoms with Gasteiger partial charge in [-0.05, 0) is 47.4 Å². The summed E-state index contributed by atoms with van der Waals surface area (Å²) >= 11 is 1.66. The van der Waals surface area contributed by atoms with E-state index in [1.165, 1.54) is 11.1 Å². The van der Waals surface area contributed by atoms with E-state index >= 15 is 0 Å². The Bertz CT molecular complexity index is 474. The molecule has 0 aliphatic carbocycles. The van der Waals surface area contributed by atoms with Crippen LogP contribution < -0.4 is 10.1 Å². The van der Waals surface area contributed by atoms with E-state index in [0.29, 0.717) is 0 Å². The fourth-order valence-corrected chi connectivity index (χ4v) is 3.32. The van der Waals surface area contributed by atoms with Crippen molar-refractivity contribution in [1.82, 2.24) is 9.62 Å². The van der Waals surface area contributed by atoms with Crippen molar-refractivity contribution in [3.8, 4) is 5.75 Å². The van der Waals surface area contributed by atoms with Gasteiger partial charge in [0, 0.05) is 31.1 Å². The van der Waals surface area contributed by atoms with Gasteiger partial charge in [-0.3, -0.25) is 0 Å². The predicted molar refractivity (Wildman–Crippen MR) is 70.4 cm³/mol. The molecular weight excluding hydrogens is 270 g/mol. The highest BCUT2D eigenvalue weighted by molar-refractivity contribution is 7.97. The summed E-state index contributed by atoms with van der Waals surface area (Å²) in [5.74, 6) is 0.200. The van der Waals surface area contributed by atoms with E-state index in [-0.39, 0.29) is 5.75 Å². The monoisotopic (exact) mass is 284 g/mol. The van der Waals surface area contributed by atoms with E-state index in [2.05, 4.69) is 14.4 Å². The Balaban J connectivity index is 1.56. The summed E-state index contributed by atoms with van der Waals surface area (Å²) in [6.07, 6.45) is 0. The van der Waals surface area contributed by atoms with Gasteiger partial charge in [0.05, 0.1) is 0 Å². The van der Waals surface area contributed by atoms with Gasteiger partial charge in [-0.2, -0.15) is 8.78 Å². The highest BCUT2D eigenvalue weighted by Crippen LogP contribution is 2.31. The summed E-state index contributed by atoms with van der Waals surface area (Å²) in [6.45, 7) is 1.17. The Morgan fingerprint density at radius 1 is 1.11 bits per heavy atom. The number of nitrogens with one attached hydrogen (secondary N) is 1. The van der Waals surface area contributed by atoms with E-state index in [9.17, 15) is 8.78 Å². The number of nitrogens with zero attached hydrogens (tertiary/aromatic N) is 1. The summed E-state index contributed by atoms with van der Waals surface area (Å²) in [5, 5.41) is 3.34. The topological polar surface area (TPSA) is 24.5 Å². The first-order valence-corrected chi connectivity index (χ1v) is 6.86. The van der Waals surface area contributed by atoms with E-state index in [0.717, 1.165) is 31.1 Å². The molecule has 0 spiro atoms. The van der Waals surface area contributed by atoms with E-state index < -0.39 is 6.61 Å². The van der Waals surface area contributed by atoms with Crippen molar-refractivity contribution < 1.29 is 13.5 Å². The molecule has 3 nitrogen and oxygen atoms in total. The molecule has 19 heavy (non-hydrogen) atoms. The average molecular weight is 284 g/mol. The summed E-state index contributed by atoms with van der Waals surface area (Å²) in [7, 11) is 0. The third kappa shape index (κ3) is 3.08. The number of ether oxygens (including phenoxy) is 1. The maximum Gasteiger partial charge on any atom is 0.387 e. The molecule has 3 rings (SSSR count). The third-order valence-corrected chi connectivity index (χ3v) is 4.19. The smallest absolute Gasteiger partial charge is 0.387 e. The number of halogens is 2. The van der Waals surface area contributed by atoms with Gasteiger partial charge in [0.25, 0.3) is 0 Å². The second-order valence-electron chi connectivity index (χ2n) is 4.55. The second kappa shape index (κ2) is 5.48. The highest BCUT2D eigenvalue weighted by Gasteiger charge is 2.25. The SMILES string of the molecule is FC(F)Oc1ccc(SN2CC3=C(CNC3)C2)cc1. The average Bonchev–Trinajstić information content (AvgIpc) is 2.91. The zero-order valence-electron chi connectivity index (χ0n) is 10.2. The van der Waals surface area contributed by atoms with Crippen molar-refractivity contribution in [2.24, 2.45) is 0 Å². The van der Waals surface area contributed by atoms with Gasteiger partial charge in [0.15, 0.2) is 0 Å². The molecule has 1 aromatic rings. The molecule has 0 atom stereocenters. The first-order valence-electron chi connectivity index (χ1n) is 6.09. The molecule has 1 aromatic carbocycles. The summed E-state index contributed by atoms with van der Waals surface area (Å²) < 4.78 is 30.7. The first-order chi connectivity index (χ1) is 9.20. The molecule has 0 radical (unpaired) electrons. The summed E-state index contributed by atoms with van der Waals surface area (Å²) in [4.78, 5) is 1.04. The molecule has 0 unspecified atom stereocenters. The molecule has 0 saturated heterocycles. The standard InChI is InChI=1S/C13H14F2N2OS/c14-13(15)18-11-1-3-12(4-2-11)19-17-7-9-5-16-6-10(9)8-17/h1-4,13,16H,5-8H2. The normalized spacial score (nSPS) is 19.3. The molecule has 0 fully saturated rings. The quantitative estimate of drug-likeness (QED) is 0.678. The lowest BCUT2D eigenvalue weighted by molar-refractivity contribution is -0.0498. The maximum atomic E-state index is 12.0. The Hall–Kier alpha value is -1.11. The molecule has 2 aliphatic heterocycles. The van der Waals surface area contributed by atoms with Gasteiger partial charge >= 0.3 is 6.61 Å². The van der Waals surface area contributed by atoms with E-state index in [1.807, 2.05) is 12.1 Å². The zero-order valence-corrected chi connectivity index (χ0v) is 11.1. The molecule has 0 aromatic heterocycles. The molecule has 0 amide bonds. The lowest BCUT2D eigenvalue weighted by atomic mass is 10.2. The van der Waals surface area contributed by atoms with Crippen molar-refractivity contribution in [3.63, 3.8) is 0 Å². The molecule has 2 aliphatic rings. The Kier molecular flexibility index (Phi) is 3.72. The van der Waals surface area contributed by atoms with Crippen molar-refractivity contribution in [3.05, 3.63) is 35.4 Å². The molecule has 1 N–H and O–H groups in total. The highest BCUT2D eigenvalue weighted by atomic mass is 32.2. The fourth-order valence-electron chi connectivity index (χ4n) is 2.33. The van der Waals surface area contributed by atoms with Crippen LogP contribution in [-0.4, -0.2) is 37.1 Å². The lowest BCUT2D eigenvalue weighted by Crippen LogP contribution is -2.21. The van der Waals surface area contributed by atoms with Gasteiger partial charge in [-0.25, -0.2) is 4.31 Å². The number of rotatable bonds is 4. The minimum absolute atomic E-state index is 0.200. The van der Waals surface area contributed by atoms with Crippen molar-refractivity contribution in [2.45, 2.75) is 11.5 Å². The van der Waals surface area contributed by atoms with Crippen LogP contribution in [0.4, 0.5) is 8.78 Å². The van der Waals surface area contributed by atoms with Crippen LogP contribution in [0.5, 0.6) is 5.75 Å². The first kappa shape index (κ1) is 12.9. The summed E-state index contributed by atoms with van der Waals surface area (Å²) in [6, 6.07) is 6.77. The molecule has 0 bridgehead atoms. The molecular formula is C13H14F2N2OS. The van der Waals surface area contributed by atoms with Crippen molar-refractivity contribution in [2.75, 3.05) is 26.2 Å². The Labute approximate surface area is 114 Å². The lowest BCUT2D eigenvalue weighted by Gasteiger charge is -2.16. The van der Waals surface area contributed by atoms with Crippen molar-refractivity contribution in [1.29, 1.82) is 0 Å². The largest absolute Gasteiger partial charge is 0.435 e. The van der Waals surface area contributed by atoms with Crippen LogP contribution in [0.25, 0.3) is 0 Å². The summed E-state index contributed by atoms with van der Waals surface area (Å²) in [5.41, 5.74) is 2.98. The molecule has 102 valence electrons. The van der Waals surface area contributed by atoms with Gasteiger partial charge in [-0.15, -0.1) is 0 Å². The van der Waals surface area contributed by atoms with Crippen LogP contribution in [0.2, 0.25) is 0 Å². The van der Waals surface area contributed by atoms with Crippen molar-refractivity contribution >= 4 is 11.9 Å². The number of benzene rings is 1. The predicted octanol–water partition coefficient (Wildman–Crippen LogP) is 2.51. The van der Waals surface area contributed by atoms with Gasteiger partial charge in [0.1, 0.15) is 5.75 Å². The van der Waals surface area contributed by atoms with Crippen LogP contribution in [0.15, 0.2) is 40.3 Å². The number of hydrogen-bond acceptors (Lipinski definition) is 4. The van der Waals surface area contributed by atoms with Crippen LogP contribution >= 0.6 is 11.9 Å². The molecule has 0 saturated carbocycles. The minimum Gasteiger partial charge on any atom is -0.435 e. The molecule has 2 heterocycles. The minimum atomic E-state index is -2.77. The van der Waals surface area contributed by atoms with E-state index in [4.69, 9.17) is 0 Å². The fraction of sp³-hybridized carbons (Fsp3) is 0.385. The second-order valence-corrected chi connectivity index (χ2v) is 5.72. The van der Waals surface area contributed by atoms with Gasteiger partial charge < -0.3 is 10.1 Å². The van der Waals surface area contributed by atoms with E-state index in [1.54, 1.807) is 24.1 Å². The van der Waals surface area contributed by atoms with Crippen LogP contribution in [0.3, 0.4) is 0 Å².